The van der Waals surface area contributed by atoms with Gasteiger partial charge in [-0.2, -0.15) is 4.98 Å². The van der Waals surface area contributed by atoms with Gasteiger partial charge in [0.25, 0.3) is 5.89 Å². The van der Waals surface area contributed by atoms with Crippen molar-refractivity contribution in [1.82, 2.24) is 20.4 Å². The first-order valence-electron chi connectivity index (χ1n) is 8.30. The van der Waals surface area contributed by atoms with Crippen molar-refractivity contribution >= 4 is 23.4 Å². The molecular weight excluding hydrogens is 340 g/mol. The zero-order valence-corrected chi connectivity index (χ0v) is 15.7. The number of benzene rings is 1. The van der Waals surface area contributed by atoms with Gasteiger partial charge in [0.05, 0.1) is 6.04 Å². The Morgan fingerprint density at radius 3 is 2.68 bits per heavy atom. The number of furan rings is 1. The molecule has 1 saturated heterocycles. The smallest absolute Gasteiger partial charge is 0.294 e. The van der Waals surface area contributed by atoms with Crippen LogP contribution in [0.3, 0.4) is 0 Å². The van der Waals surface area contributed by atoms with E-state index in [0.717, 1.165) is 41.7 Å². The van der Waals surface area contributed by atoms with Gasteiger partial charge >= 0.3 is 0 Å². The first-order valence-corrected chi connectivity index (χ1v) is 8.30. The van der Waals surface area contributed by atoms with Gasteiger partial charge in [-0.3, -0.25) is 4.90 Å². The molecule has 7 heteroatoms. The maximum Gasteiger partial charge on any atom is 0.294 e. The van der Waals surface area contributed by atoms with Crippen molar-refractivity contribution in [2.75, 3.05) is 26.7 Å². The number of nitrogens with zero attached hydrogens (tertiary/aromatic N) is 3. The van der Waals surface area contributed by atoms with Crippen LogP contribution in [0.4, 0.5) is 0 Å². The van der Waals surface area contributed by atoms with E-state index in [1.54, 1.807) is 0 Å². The molecule has 1 unspecified atom stereocenters. The second-order valence-corrected chi connectivity index (χ2v) is 6.62. The molecule has 0 radical (unpaired) electrons. The molecule has 1 aliphatic heterocycles. The van der Waals surface area contributed by atoms with E-state index in [9.17, 15) is 0 Å². The predicted octanol–water partition coefficient (Wildman–Crippen LogP) is 3.41. The summed E-state index contributed by atoms with van der Waals surface area (Å²) in [6.45, 7) is 8.97. The molecule has 134 valence electrons. The van der Waals surface area contributed by atoms with Gasteiger partial charge in [-0.1, -0.05) is 17.3 Å². The fourth-order valence-electron chi connectivity index (χ4n) is 3.44. The van der Waals surface area contributed by atoms with Crippen molar-refractivity contribution in [2.24, 2.45) is 0 Å². The van der Waals surface area contributed by atoms with Crippen LogP contribution in [0, 0.1) is 20.8 Å². The van der Waals surface area contributed by atoms with Crippen LogP contribution >= 0.6 is 12.4 Å². The number of hydrogen-bond donors (Lipinski definition) is 1. The van der Waals surface area contributed by atoms with Gasteiger partial charge in [0, 0.05) is 30.6 Å². The zero-order valence-electron chi connectivity index (χ0n) is 14.9. The molecule has 0 amide bonds. The van der Waals surface area contributed by atoms with Crippen LogP contribution in [-0.2, 0) is 0 Å². The minimum Gasteiger partial charge on any atom is -0.450 e. The summed E-state index contributed by atoms with van der Waals surface area (Å²) in [5.41, 5.74) is 4.26. The van der Waals surface area contributed by atoms with Gasteiger partial charge < -0.3 is 14.3 Å². The third kappa shape index (κ3) is 2.94. The lowest BCUT2D eigenvalue weighted by Gasteiger charge is -2.30. The summed E-state index contributed by atoms with van der Waals surface area (Å²) in [5.74, 6) is 1.83. The Morgan fingerprint density at radius 2 is 1.96 bits per heavy atom. The number of piperazine rings is 1. The lowest BCUT2D eigenvalue weighted by Crippen LogP contribution is -2.44. The summed E-state index contributed by atoms with van der Waals surface area (Å²) in [7, 11) is 2.08. The number of halogens is 1. The molecule has 0 spiro atoms. The summed E-state index contributed by atoms with van der Waals surface area (Å²) >= 11 is 0. The number of fused-ring (bicyclic) bond motifs is 1. The number of aryl methyl sites for hydroxylation is 3. The number of hydrogen-bond acceptors (Lipinski definition) is 6. The van der Waals surface area contributed by atoms with E-state index in [4.69, 9.17) is 8.94 Å². The summed E-state index contributed by atoms with van der Waals surface area (Å²) in [6.07, 6.45) is 0. The maximum absolute atomic E-state index is 6.10. The topological polar surface area (TPSA) is 67.3 Å². The van der Waals surface area contributed by atoms with Crippen molar-refractivity contribution in [3.05, 3.63) is 34.6 Å². The molecule has 1 fully saturated rings. The molecule has 1 aromatic carbocycles. The van der Waals surface area contributed by atoms with Gasteiger partial charge in [0.2, 0.25) is 0 Å². The van der Waals surface area contributed by atoms with Gasteiger partial charge in [-0.05, 0) is 38.9 Å². The van der Waals surface area contributed by atoms with Crippen LogP contribution in [0.5, 0.6) is 0 Å². The largest absolute Gasteiger partial charge is 0.450 e. The molecular formula is C18H23ClN4O2. The normalized spacial score (nSPS) is 18.5. The van der Waals surface area contributed by atoms with Crippen molar-refractivity contribution in [1.29, 1.82) is 0 Å². The summed E-state index contributed by atoms with van der Waals surface area (Å²) in [5, 5.41) is 8.71. The molecule has 1 aliphatic rings. The molecule has 25 heavy (non-hydrogen) atoms. The van der Waals surface area contributed by atoms with Crippen molar-refractivity contribution in [2.45, 2.75) is 26.8 Å². The molecule has 0 bridgehead atoms. The van der Waals surface area contributed by atoms with E-state index in [2.05, 4.69) is 53.4 Å². The Balaban J connectivity index is 0.00000182. The molecule has 1 atom stereocenters. The number of aromatic nitrogens is 2. The molecule has 1 N–H and O–H groups in total. The molecule has 4 rings (SSSR count). The van der Waals surface area contributed by atoms with E-state index in [1.807, 2.05) is 6.92 Å². The summed E-state index contributed by atoms with van der Waals surface area (Å²) in [6, 6.07) is 4.32. The van der Waals surface area contributed by atoms with E-state index < -0.39 is 0 Å². The molecule has 2 aromatic heterocycles. The third-order valence-corrected chi connectivity index (χ3v) is 4.93. The standard InChI is InChI=1S/C18H22N4O2.ClH/c1-10-5-6-11(2)15-14(10)12(3)16(23-15)18-20-17(21-24-18)13-9-19-7-8-22(13)4;/h5-6,13,19H,7-9H2,1-4H3;1H. The summed E-state index contributed by atoms with van der Waals surface area (Å²) in [4.78, 5) is 6.86. The SMILES string of the molecule is Cc1ccc(C)c2c(C)c(-c3nc(C4CNCCN4C)no3)oc12.Cl. The molecule has 0 aliphatic carbocycles. The zero-order chi connectivity index (χ0) is 16.8. The van der Waals surface area contributed by atoms with Gasteiger partial charge in [-0.15, -0.1) is 12.4 Å². The third-order valence-electron chi connectivity index (χ3n) is 4.93. The van der Waals surface area contributed by atoms with Crippen molar-refractivity contribution < 1.29 is 8.94 Å². The van der Waals surface area contributed by atoms with Crippen LogP contribution in [0.25, 0.3) is 22.6 Å². The highest BCUT2D eigenvalue weighted by Crippen LogP contribution is 2.36. The maximum atomic E-state index is 6.10. The molecule has 3 aromatic rings. The predicted molar refractivity (Wildman–Crippen MR) is 99.2 cm³/mol. The lowest BCUT2D eigenvalue weighted by atomic mass is 10.0. The Kier molecular flexibility index (Phi) is 4.86. The number of likely N-dealkylation sites (N-methyl/N-ethyl adjacent to an activating group) is 1. The van der Waals surface area contributed by atoms with Crippen LogP contribution in [0.15, 0.2) is 21.1 Å². The monoisotopic (exact) mass is 362 g/mol. The minimum absolute atomic E-state index is 0. The van der Waals surface area contributed by atoms with Crippen LogP contribution in [0.2, 0.25) is 0 Å². The second kappa shape index (κ2) is 6.78. The minimum atomic E-state index is 0. The highest BCUT2D eigenvalue weighted by Gasteiger charge is 2.27. The van der Waals surface area contributed by atoms with Crippen molar-refractivity contribution in [3.8, 4) is 11.7 Å². The van der Waals surface area contributed by atoms with Gasteiger partial charge in [-0.25, -0.2) is 0 Å². The van der Waals surface area contributed by atoms with E-state index in [0.29, 0.717) is 17.5 Å². The average molecular weight is 363 g/mol. The first kappa shape index (κ1) is 17.9. The fraction of sp³-hybridized carbons (Fsp3) is 0.444. The van der Waals surface area contributed by atoms with Crippen molar-refractivity contribution in [3.63, 3.8) is 0 Å². The first-order chi connectivity index (χ1) is 11.6. The number of nitrogens with one attached hydrogen (secondary N) is 1. The van der Waals surface area contributed by atoms with Gasteiger partial charge in [0.15, 0.2) is 11.6 Å². The quantitative estimate of drug-likeness (QED) is 0.753. The average Bonchev–Trinajstić information content (AvgIpc) is 3.17. The Labute approximate surface area is 153 Å². The number of rotatable bonds is 2. The highest BCUT2D eigenvalue weighted by molar-refractivity contribution is 5.91. The molecule has 6 nitrogen and oxygen atoms in total. The Hall–Kier alpha value is -1.89. The van der Waals surface area contributed by atoms with Crippen LogP contribution in [0.1, 0.15) is 28.6 Å². The molecule has 3 heterocycles. The molecule has 0 saturated carbocycles. The fourth-order valence-corrected chi connectivity index (χ4v) is 3.44. The van der Waals surface area contributed by atoms with Gasteiger partial charge in [0.1, 0.15) is 5.58 Å². The Bertz CT molecular complexity index is 902. The van der Waals surface area contributed by atoms with Crippen LogP contribution < -0.4 is 5.32 Å². The lowest BCUT2D eigenvalue weighted by molar-refractivity contribution is 0.190. The highest BCUT2D eigenvalue weighted by atomic mass is 35.5. The second-order valence-electron chi connectivity index (χ2n) is 6.62. The summed E-state index contributed by atoms with van der Waals surface area (Å²) < 4.78 is 11.6. The van der Waals surface area contributed by atoms with Crippen LogP contribution in [-0.4, -0.2) is 41.7 Å². The van der Waals surface area contributed by atoms with E-state index in [-0.39, 0.29) is 18.4 Å². The van der Waals surface area contributed by atoms with E-state index >= 15 is 0 Å². The van der Waals surface area contributed by atoms with E-state index in [1.165, 1.54) is 5.56 Å². The Morgan fingerprint density at radius 1 is 1.20 bits per heavy atom.